The summed E-state index contributed by atoms with van der Waals surface area (Å²) in [6.07, 6.45) is 5.49. The summed E-state index contributed by atoms with van der Waals surface area (Å²) >= 11 is 0. The molecule has 3 aromatic heterocycles. The Hall–Kier alpha value is -3.72. The van der Waals surface area contributed by atoms with Crippen molar-refractivity contribution in [3.63, 3.8) is 0 Å². The minimum atomic E-state index is -0.509. The van der Waals surface area contributed by atoms with Gasteiger partial charge in [0.1, 0.15) is 17.3 Å². The largest absolute Gasteiger partial charge is 0.435 e. The monoisotopic (exact) mass is 344 g/mol. The molecule has 0 N–H and O–H groups in total. The molecule has 1 aromatic carbocycles. The van der Waals surface area contributed by atoms with Crippen LogP contribution in [0.2, 0.25) is 0 Å². The van der Waals surface area contributed by atoms with Gasteiger partial charge in [0.05, 0.1) is 0 Å². The van der Waals surface area contributed by atoms with Crippen LogP contribution in [0.15, 0.2) is 61.1 Å². The van der Waals surface area contributed by atoms with Crippen LogP contribution in [0, 0.1) is 24.1 Å². The number of ether oxygens (including phenoxy) is 1. The van der Waals surface area contributed by atoms with Gasteiger partial charge in [-0.1, -0.05) is 12.1 Å². The van der Waals surface area contributed by atoms with E-state index in [4.69, 9.17) is 4.74 Å². The fourth-order valence-electron chi connectivity index (χ4n) is 2.74. The highest BCUT2D eigenvalue weighted by Gasteiger charge is 2.14. The molecular formula is C20H13FN4O. The average Bonchev–Trinajstić information content (AvgIpc) is 3.11. The molecule has 0 aliphatic carbocycles. The molecule has 0 spiro atoms. The SMILES string of the molecule is Cc1nc(Oc2ccccc2F)c(C#N)cc1-c1ccc2nccn2c1. The molecule has 3 heterocycles. The Kier molecular flexibility index (Phi) is 3.82. The zero-order chi connectivity index (χ0) is 18.1. The summed E-state index contributed by atoms with van der Waals surface area (Å²) < 4.78 is 21.3. The van der Waals surface area contributed by atoms with Crippen LogP contribution in [0.1, 0.15) is 11.3 Å². The second-order valence-electron chi connectivity index (χ2n) is 5.73. The van der Waals surface area contributed by atoms with Gasteiger partial charge in [-0.05, 0) is 37.3 Å². The van der Waals surface area contributed by atoms with Crippen LogP contribution in [0.25, 0.3) is 16.8 Å². The Morgan fingerprint density at radius 1 is 1.19 bits per heavy atom. The molecular weight excluding hydrogens is 331 g/mol. The van der Waals surface area contributed by atoms with E-state index < -0.39 is 5.82 Å². The van der Waals surface area contributed by atoms with Crippen molar-refractivity contribution >= 4 is 5.65 Å². The molecule has 0 saturated heterocycles. The lowest BCUT2D eigenvalue weighted by Crippen LogP contribution is -1.98. The van der Waals surface area contributed by atoms with E-state index in [9.17, 15) is 9.65 Å². The normalized spacial score (nSPS) is 10.7. The third-order valence-electron chi connectivity index (χ3n) is 4.04. The number of imidazole rings is 1. The molecule has 5 nitrogen and oxygen atoms in total. The average molecular weight is 344 g/mol. The summed E-state index contributed by atoms with van der Waals surface area (Å²) in [6, 6.07) is 13.6. The van der Waals surface area contributed by atoms with Crippen LogP contribution in [0.3, 0.4) is 0 Å². The summed E-state index contributed by atoms with van der Waals surface area (Å²) in [5, 5.41) is 9.49. The second-order valence-corrected chi connectivity index (χ2v) is 5.73. The van der Waals surface area contributed by atoms with Gasteiger partial charge in [-0.15, -0.1) is 0 Å². The molecule has 4 rings (SSSR count). The minimum Gasteiger partial charge on any atom is -0.435 e. The first-order valence-corrected chi connectivity index (χ1v) is 7.93. The Balaban J connectivity index is 1.78. The van der Waals surface area contributed by atoms with E-state index in [1.165, 1.54) is 12.1 Å². The number of nitrogens with zero attached hydrogens (tertiary/aromatic N) is 4. The first-order chi connectivity index (χ1) is 12.7. The first kappa shape index (κ1) is 15.8. The molecule has 0 bridgehead atoms. The topological polar surface area (TPSA) is 63.2 Å². The number of halogens is 1. The molecule has 0 amide bonds. The predicted octanol–water partition coefficient (Wildman–Crippen LogP) is 4.51. The lowest BCUT2D eigenvalue weighted by molar-refractivity contribution is 0.425. The standard InChI is InChI=1S/C20H13FN4O/c1-13-16(14-6-7-19-23-8-9-25(19)12-14)10-15(11-22)20(24-13)26-18-5-3-2-4-17(18)21/h2-10,12H,1H3. The smallest absolute Gasteiger partial charge is 0.237 e. The van der Waals surface area contributed by atoms with Gasteiger partial charge >= 0.3 is 0 Å². The van der Waals surface area contributed by atoms with Crippen LogP contribution in [-0.4, -0.2) is 14.4 Å². The molecule has 0 unspecified atom stereocenters. The van der Waals surface area contributed by atoms with E-state index in [0.717, 1.165) is 16.8 Å². The van der Waals surface area contributed by atoms with Crippen molar-refractivity contribution in [2.24, 2.45) is 0 Å². The van der Waals surface area contributed by atoms with Gasteiger partial charge in [0, 0.05) is 35.4 Å². The predicted molar refractivity (Wildman–Crippen MR) is 94.3 cm³/mol. The first-order valence-electron chi connectivity index (χ1n) is 7.93. The van der Waals surface area contributed by atoms with Crippen molar-refractivity contribution in [1.82, 2.24) is 14.4 Å². The number of rotatable bonds is 3. The molecule has 0 aliphatic rings. The van der Waals surface area contributed by atoms with Crippen molar-refractivity contribution < 1.29 is 9.13 Å². The van der Waals surface area contributed by atoms with Gasteiger partial charge in [0.15, 0.2) is 11.6 Å². The third kappa shape index (κ3) is 2.76. The third-order valence-corrected chi connectivity index (χ3v) is 4.04. The molecule has 0 radical (unpaired) electrons. The van der Waals surface area contributed by atoms with Crippen molar-refractivity contribution in [1.29, 1.82) is 5.26 Å². The van der Waals surface area contributed by atoms with Gasteiger partial charge in [-0.25, -0.2) is 14.4 Å². The van der Waals surface area contributed by atoms with Gasteiger partial charge in [-0.2, -0.15) is 5.26 Å². The molecule has 0 saturated carbocycles. The summed E-state index contributed by atoms with van der Waals surface area (Å²) in [4.78, 5) is 8.61. The summed E-state index contributed by atoms with van der Waals surface area (Å²) in [5.41, 5.74) is 3.45. The van der Waals surface area contributed by atoms with E-state index in [0.29, 0.717) is 5.69 Å². The summed E-state index contributed by atoms with van der Waals surface area (Å²) in [5.74, 6) is -0.392. The number of hydrogen-bond donors (Lipinski definition) is 0. The van der Waals surface area contributed by atoms with Crippen LogP contribution >= 0.6 is 0 Å². The second kappa shape index (κ2) is 6.30. The fraction of sp³-hybridized carbons (Fsp3) is 0.0500. The maximum atomic E-state index is 13.8. The minimum absolute atomic E-state index is 0.0310. The number of fused-ring (bicyclic) bond motifs is 1. The molecule has 0 aliphatic heterocycles. The number of benzene rings is 1. The van der Waals surface area contributed by atoms with Crippen molar-refractivity contribution in [2.75, 3.05) is 0 Å². The van der Waals surface area contributed by atoms with E-state index in [1.54, 1.807) is 24.4 Å². The van der Waals surface area contributed by atoms with E-state index >= 15 is 0 Å². The quantitative estimate of drug-likeness (QED) is 0.549. The highest BCUT2D eigenvalue weighted by molar-refractivity contribution is 5.69. The number of nitriles is 1. The summed E-state index contributed by atoms with van der Waals surface area (Å²) in [7, 11) is 0. The van der Waals surface area contributed by atoms with Crippen molar-refractivity contribution in [2.45, 2.75) is 6.92 Å². The number of aromatic nitrogens is 3. The number of hydrogen-bond acceptors (Lipinski definition) is 4. The van der Waals surface area contributed by atoms with Gasteiger partial charge in [0.2, 0.25) is 5.88 Å². The van der Waals surface area contributed by atoms with Gasteiger partial charge in [-0.3, -0.25) is 0 Å². The zero-order valence-electron chi connectivity index (χ0n) is 13.8. The molecule has 0 atom stereocenters. The van der Waals surface area contributed by atoms with Crippen LogP contribution in [0.4, 0.5) is 4.39 Å². The highest BCUT2D eigenvalue weighted by Crippen LogP contribution is 2.31. The van der Waals surface area contributed by atoms with E-state index in [1.807, 2.05) is 35.9 Å². The highest BCUT2D eigenvalue weighted by atomic mass is 19.1. The van der Waals surface area contributed by atoms with E-state index in [-0.39, 0.29) is 17.2 Å². The van der Waals surface area contributed by atoms with Crippen molar-refractivity contribution in [3.8, 4) is 28.8 Å². The molecule has 0 fully saturated rings. The van der Waals surface area contributed by atoms with Gasteiger partial charge in [0.25, 0.3) is 0 Å². The molecule has 26 heavy (non-hydrogen) atoms. The number of aryl methyl sites for hydroxylation is 1. The maximum absolute atomic E-state index is 13.8. The van der Waals surface area contributed by atoms with E-state index in [2.05, 4.69) is 16.0 Å². The Labute approximate surface area is 149 Å². The van der Waals surface area contributed by atoms with Crippen LogP contribution < -0.4 is 4.74 Å². The lowest BCUT2D eigenvalue weighted by Gasteiger charge is -2.12. The maximum Gasteiger partial charge on any atom is 0.237 e. The Morgan fingerprint density at radius 2 is 2.04 bits per heavy atom. The number of para-hydroxylation sites is 1. The Morgan fingerprint density at radius 3 is 2.85 bits per heavy atom. The summed E-state index contributed by atoms with van der Waals surface area (Å²) in [6.45, 7) is 1.82. The Bertz CT molecular complexity index is 1160. The zero-order valence-corrected chi connectivity index (χ0v) is 13.8. The number of pyridine rings is 2. The fourth-order valence-corrected chi connectivity index (χ4v) is 2.74. The van der Waals surface area contributed by atoms with Gasteiger partial charge < -0.3 is 9.14 Å². The molecule has 126 valence electrons. The molecule has 6 heteroatoms. The lowest BCUT2D eigenvalue weighted by atomic mass is 10.0. The van der Waals surface area contributed by atoms with Crippen molar-refractivity contribution in [3.05, 3.63) is 78.1 Å². The molecule has 4 aromatic rings. The van der Waals surface area contributed by atoms with Crippen LogP contribution in [-0.2, 0) is 0 Å². The van der Waals surface area contributed by atoms with Crippen LogP contribution in [0.5, 0.6) is 11.6 Å².